The summed E-state index contributed by atoms with van der Waals surface area (Å²) in [7, 11) is 1.33. The molecule has 1 aliphatic carbocycles. The van der Waals surface area contributed by atoms with Gasteiger partial charge in [0.25, 0.3) is 0 Å². The number of ether oxygens (including phenoxy) is 3. The molecule has 0 bridgehead atoms. The molecule has 0 aromatic heterocycles. The molecule has 0 spiro atoms. The zero-order valence-electron chi connectivity index (χ0n) is 20.7. The van der Waals surface area contributed by atoms with Gasteiger partial charge in [-0.05, 0) is 50.5 Å². The SMILES string of the molecule is CC/C(=C(F)\C(F)=C(/C)OC)C(C)COC(C)OCC1CCC(CC)CC1.CCC. The summed E-state index contributed by atoms with van der Waals surface area (Å²) in [6.45, 7) is 14.4. The second kappa shape index (κ2) is 16.7. The van der Waals surface area contributed by atoms with E-state index in [9.17, 15) is 8.78 Å². The lowest BCUT2D eigenvalue weighted by molar-refractivity contribution is -0.145. The smallest absolute Gasteiger partial charge is 0.195 e. The fraction of sp³-hybridized carbons (Fsp3) is 0.840. The molecule has 1 aliphatic rings. The van der Waals surface area contributed by atoms with E-state index in [4.69, 9.17) is 14.2 Å². The average Bonchev–Trinajstić information content (AvgIpc) is 2.76. The van der Waals surface area contributed by atoms with Crippen molar-refractivity contribution in [3.05, 3.63) is 23.0 Å². The van der Waals surface area contributed by atoms with Gasteiger partial charge in [0, 0.05) is 5.92 Å². The summed E-state index contributed by atoms with van der Waals surface area (Å²) in [6.07, 6.45) is 7.62. The molecule has 3 nitrogen and oxygen atoms in total. The number of halogens is 2. The van der Waals surface area contributed by atoms with Crippen LogP contribution in [0.4, 0.5) is 8.78 Å². The standard InChI is InChI=1S/C22H38F2O3.C3H8/c1-7-18-9-11-19(12-10-18)14-27-17(5)26-13-15(3)20(8-2)22(24)21(23)16(4)25-6;1-3-2/h15,17-19H,7-14H2,1-6H3;3H2,1-2H3/b21-16-,22-20-;. The molecule has 2 atom stereocenters. The minimum Gasteiger partial charge on any atom is -0.498 e. The lowest BCUT2D eigenvalue weighted by Gasteiger charge is -2.28. The van der Waals surface area contributed by atoms with Crippen LogP contribution < -0.4 is 0 Å². The maximum absolute atomic E-state index is 14.4. The second-order valence-electron chi connectivity index (χ2n) is 8.40. The monoisotopic (exact) mass is 432 g/mol. The normalized spacial score (nSPS) is 22.9. The molecule has 0 aromatic carbocycles. The minimum atomic E-state index is -0.937. The van der Waals surface area contributed by atoms with Crippen LogP contribution in [0.25, 0.3) is 0 Å². The van der Waals surface area contributed by atoms with E-state index in [2.05, 4.69) is 20.8 Å². The first kappa shape index (κ1) is 29.1. The van der Waals surface area contributed by atoms with Crippen molar-refractivity contribution in [2.45, 2.75) is 99.7 Å². The highest BCUT2D eigenvalue weighted by atomic mass is 19.2. The molecule has 0 heterocycles. The maximum atomic E-state index is 14.4. The predicted molar refractivity (Wildman–Crippen MR) is 121 cm³/mol. The van der Waals surface area contributed by atoms with Crippen molar-refractivity contribution in [2.24, 2.45) is 17.8 Å². The Bertz CT molecular complexity index is 509. The molecular weight excluding hydrogens is 386 g/mol. The van der Waals surface area contributed by atoms with Crippen molar-refractivity contribution in [3.63, 3.8) is 0 Å². The van der Waals surface area contributed by atoms with E-state index in [1.807, 2.05) is 20.8 Å². The molecule has 1 saturated carbocycles. The number of hydrogen-bond acceptors (Lipinski definition) is 3. The summed E-state index contributed by atoms with van der Waals surface area (Å²) in [5, 5.41) is 0. The summed E-state index contributed by atoms with van der Waals surface area (Å²) < 4.78 is 44.8. The quantitative estimate of drug-likeness (QED) is 0.187. The zero-order chi connectivity index (χ0) is 23.1. The van der Waals surface area contributed by atoms with Crippen molar-refractivity contribution in [1.82, 2.24) is 0 Å². The minimum absolute atomic E-state index is 0.0546. The Hall–Kier alpha value is -0.940. The van der Waals surface area contributed by atoms with Crippen LogP contribution in [-0.2, 0) is 14.2 Å². The van der Waals surface area contributed by atoms with Gasteiger partial charge in [-0.3, -0.25) is 0 Å². The Morgan fingerprint density at radius 2 is 1.43 bits per heavy atom. The Morgan fingerprint density at radius 3 is 1.90 bits per heavy atom. The van der Waals surface area contributed by atoms with Gasteiger partial charge in [0.2, 0.25) is 0 Å². The molecule has 178 valence electrons. The van der Waals surface area contributed by atoms with Crippen LogP contribution in [0, 0.1) is 17.8 Å². The van der Waals surface area contributed by atoms with Crippen molar-refractivity contribution in [1.29, 1.82) is 0 Å². The first-order valence-electron chi connectivity index (χ1n) is 11.8. The summed E-state index contributed by atoms with van der Waals surface area (Å²) in [4.78, 5) is 0. The lowest BCUT2D eigenvalue weighted by Crippen LogP contribution is -2.24. The highest BCUT2D eigenvalue weighted by molar-refractivity contribution is 5.28. The molecule has 0 radical (unpaired) electrons. The van der Waals surface area contributed by atoms with Gasteiger partial charge in [-0.2, -0.15) is 0 Å². The summed E-state index contributed by atoms with van der Waals surface area (Å²) in [5.74, 6) is -0.586. The molecule has 1 rings (SSSR count). The topological polar surface area (TPSA) is 27.7 Å². The van der Waals surface area contributed by atoms with E-state index in [1.54, 1.807) is 0 Å². The summed E-state index contributed by atoms with van der Waals surface area (Å²) >= 11 is 0. The van der Waals surface area contributed by atoms with Crippen molar-refractivity contribution >= 4 is 0 Å². The second-order valence-corrected chi connectivity index (χ2v) is 8.40. The number of allylic oxidation sites excluding steroid dienone is 3. The molecule has 1 fully saturated rings. The number of methoxy groups -OCH3 is 1. The van der Waals surface area contributed by atoms with E-state index < -0.39 is 11.7 Å². The Balaban J connectivity index is 0.00000263. The Morgan fingerprint density at radius 1 is 0.900 bits per heavy atom. The van der Waals surface area contributed by atoms with Crippen LogP contribution in [0.1, 0.15) is 93.4 Å². The Kier molecular flexibility index (Phi) is 16.2. The molecule has 0 N–H and O–H groups in total. The van der Waals surface area contributed by atoms with Gasteiger partial charge in [0.15, 0.2) is 17.9 Å². The third-order valence-electron chi connectivity index (χ3n) is 5.76. The van der Waals surface area contributed by atoms with Crippen LogP contribution in [0.2, 0.25) is 0 Å². The van der Waals surface area contributed by atoms with Gasteiger partial charge in [0.1, 0.15) is 5.76 Å². The molecule has 0 aliphatic heterocycles. The van der Waals surface area contributed by atoms with E-state index in [1.165, 1.54) is 52.6 Å². The first-order chi connectivity index (χ1) is 14.2. The summed E-state index contributed by atoms with van der Waals surface area (Å²) in [6, 6.07) is 0. The van der Waals surface area contributed by atoms with Crippen LogP contribution in [0.3, 0.4) is 0 Å². The van der Waals surface area contributed by atoms with E-state index in [-0.39, 0.29) is 18.0 Å². The maximum Gasteiger partial charge on any atom is 0.195 e. The fourth-order valence-electron chi connectivity index (χ4n) is 3.61. The highest BCUT2D eigenvalue weighted by Crippen LogP contribution is 2.31. The van der Waals surface area contributed by atoms with Gasteiger partial charge >= 0.3 is 0 Å². The van der Waals surface area contributed by atoms with Crippen molar-refractivity contribution < 1.29 is 23.0 Å². The van der Waals surface area contributed by atoms with Crippen LogP contribution in [0.5, 0.6) is 0 Å². The molecule has 0 aromatic rings. The van der Waals surface area contributed by atoms with Gasteiger partial charge in [0.05, 0.1) is 20.3 Å². The van der Waals surface area contributed by atoms with E-state index in [0.29, 0.717) is 31.1 Å². The van der Waals surface area contributed by atoms with Crippen molar-refractivity contribution in [2.75, 3.05) is 20.3 Å². The number of hydrogen-bond donors (Lipinski definition) is 0. The largest absolute Gasteiger partial charge is 0.498 e. The summed E-state index contributed by atoms with van der Waals surface area (Å²) in [5.41, 5.74) is 0.397. The molecule has 0 saturated heterocycles. The third-order valence-corrected chi connectivity index (χ3v) is 5.76. The van der Waals surface area contributed by atoms with Gasteiger partial charge in [-0.15, -0.1) is 0 Å². The highest BCUT2D eigenvalue weighted by Gasteiger charge is 2.22. The lowest BCUT2D eigenvalue weighted by atomic mass is 9.81. The number of rotatable bonds is 11. The van der Waals surface area contributed by atoms with Crippen molar-refractivity contribution in [3.8, 4) is 0 Å². The van der Waals surface area contributed by atoms with Crippen LogP contribution >= 0.6 is 0 Å². The average molecular weight is 433 g/mol. The predicted octanol–water partition coefficient (Wildman–Crippen LogP) is 8.12. The molecule has 30 heavy (non-hydrogen) atoms. The molecule has 0 amide bonds. The third kappa shape index (κ3) is 10.9. The first-order valence-corrected chi connectivity index (χ1v) is 11.8. The van der Waals surface area contributed by atoms with Gasteiger partial charge in [-0.25, -0.2) is 8.78 Å². The molecule has 2 unspecified atom stereocenters. The van der Waals surface area contributed by atoms with Gasteiger partial charge < -0.3 is 14.2 Å². The van der Waals surface area contributed by atoms with E-state index in [0.717, 1.165) is 5.92 Å². The van der Waals surface area contributed by atoms with E-state index >= 15 is 0 Å². The van der Waals surface area contributed by atoms with Crippen LogP contribution in [0.15, 0.2) is 23.0 Å². The molecular formula is C25H46F2O3. The zero-order valence-corrected chi connectivity index (χ0v) is 20.7. The molecule has 5 heteroatoms. The van der Waals surface area contributed by atoms with Crippen LogP contribution in [-0.4, -0.2) is 26.6 Å². The fourth-order valence-corrected chi connectivity index (χ4v) is 3.61. The Labute approximate surface area is 184 Å². The van der Waals surface area contributed by atoms with Gasteiger partial charge in [-0.1, -0.05) is 60.3 Å².